The topological polar surface area (TPSA) is 112 Å². The number of anilines is 1. The van der Waals surface area contributed by atoms with Crippen LogP contribution in [0, 0.1) is 15.0 Å². The summed E-state index contributed by atoms with van der Waals surface area (Å²) in [4.78, 5) is 22.3. The number of ether oxygens (including phenoxy) is 1. The third-order valence-corrected chi connectivity index (χ3v) is 3.70. The Bertz CT molecular complexity index is 998. The number of carbonyl (C=O) groups is 1. The summed E-state index contributed by atoms with van der Waals surface area (Å²) in [5.74, 6) is 0.500. The fourth-order valence-electron chi connectivity index (χ4n) is 2.17. The summed E-state index contributed by atoms with van der Waals surface area (Å²) in [6, 6.07) is 14.6. The SMILES string of the molecule is O=C(Cn1nc(COc2ccccc2)oc1=S)Nc1ccc([N+](=O)[O-])cc1. The van der Waals surface area contributed by atoms with Crippen LogP contribution >= 0.6 is 12.2 Å². The molecule has 3 rings (SSSR count). The normalized spacial score (nSPS) is 10.4. The van der Waals surface area contributed by atoms with Crippen molar-refractivity contribution in [3.63, 3.8) is 0 Å². The van der Waals surface area contributed by atoms with Gasteiger partial charge in [-0.05, 0) is 36.5 Å². The summed E-state index contributed by atoms with van der Waals surface area (Å²) in [5, 5.41) is 17.4. The molecular weight excluding hydrogens is 372 g/mol. The van der Waals surface area contributed by atoms with Crippen LogP contribution < -0.4 is 10.1 Å². The second-order valence-corrected chi connectivity index (χ2v) is 5.72. The van der Waals surface area contributed by atoms with Gasteiger partial charge < -0.3 is 14.5 Å². The minimum absolute atomic E-state index is 0.0421. The summed E-state index contributed by atoms with van der Waals surface area (Å²) < 4.78 is 12.1. The number of amides is 1. The molecule has 3 aromatic rings. The predicted molar refractivity (Wildman–Crippen MR) is 97.8 cm³/mol. The van der Waals surface area contributed by atoms with E-state index in [-0.39, 0.29) is 29.6 Å². The Kier molecular flexibility index (Phi) is 5.57. The maximum absolute atomic E-state index is 12.1. The third kappa shape index (κ3) is 4.98. The van der Waals surface area contributed by atoms with Gasteiger partial charge in [-0.2, -0.15) is 0 Å². The fraction of sp³-hybridized carbons (Fsp3) is 0.118. The smallest absolute Gasteiger partial charge is 0.287 e. The largest absolute Gasteiger partial charge is 0.484 e. The Hall–Kier alpha value is -3.53. The highest BCUT2D eigenvalue weighted by Gasteiger charge is 2.11. The average molecular weight is 386 g/mol. The van der Waals surface area contributed by atoms with Gasteiger partial charge in [0.15, 0.2) is 6.61 Å². The second kappa shape index (κ2) is 8.23. The molecular formula is C17H14N4O5S. The Labute approximate surface area is 158 Å². The zero-order chi connectivity index (χ0) is 19.2. The zero-order valence-corrected chi connectivity index (χ0v) is 14.7. The monoisotopic (exact) mass is 386 g/mol. The summed E-state index contributed by atoms with van der Waals surface area (Å²) in [6.07, 6.45) is 0. The molecule has 0 aliphatic heterocycles. The number of non-ortho nitro benzene ring substituents is 1. The number of aromatic nitrogens is 2. The van der Waals surface area contributed by atoms with Crippen molar-refractivity contribution in [3.8, 4) is 5.75 Å². The van der Waals surface area contributed by atoms with E-state index in [4.69, 9.17) is 21.4 Å². The van der Waals surface area contributed by atoms with Gasteiger partial charge in [0.1, 0.15) is 12.3 Å². The van der Waals surface area contributed by atoms with Crippen LogP contribution in [0.2, 0.25) is 0 Å². The first-order valence-corrected chi connectivity index (χ1v) is 8.21. The molecule has 27 heavy (non-hydrogen) atoms. The van der Waals surface area contributed by atoms with Gasteiger partial charge in [0.25, 0.3) is 16.4 Å². The van der Waals surface area contributed by atoms with E-state index in [0.29, 0.717) is 11.4 Å². The van der Waals surface area contributed by atoms with Crippen molar-refractivity contribution < 1.29 is 18.9 Å². The van der Waals surface area contributed by atoms with Crippen molar-refractivity contribution in [1.29, 1.82) is 0 Å². The number of nitrogens with one attached hydrogen (secondary N) is 1. The minimum atomic E-state index is -0.515. The van der Waals surface area contributed by atoms with Gasteiger partial charge >= 0.3 is 0 Å². The van der Waals surface area contributed by atoms with Gasteiger partial charge in [0.05, 0.1) is 4.92 Å². The molecule has 0 saturated carbocycles. The maximum Gasteiger partial charge on any atom is 0.287 e. The number of hydrogen-bond donors (Lipinski definition) is 1. The lowest BCUT2D eigenvalue weighted by atomic mass is 10.3. The number of carbonyl (C=O) groups excluding carboxylic acids is 1. The number of nitrogens with zero attached hydrogens (tertiary/aromatic N) is 3. The lowest BCUT2D eigenvalue weighted by molar-refractivity contribution is -0.384. The molecule has 0 radical (unpaired) electrons. The number of para-hydroxylation sites is 1. The van der Waals surface area contributed by atoms with Crippen LogP contribution in [0.15, 0.2) is 59.0 Å². The molecule has 0 spiro atoms. The van der Waals surface area contributed by atoms with E-state index >= 15 is 0 Å². The summed E-state index contributed by atoms with van der Waals surface area (Å²) >= 11 is 5.06. The Balaban J connectivity index is 1.58. The minimum Gasteiger partial charge on any atom is -0.484 e. The van der Waals surface area contributed by atoms with Crippen molar-refractivity contribution >= 4 is 29.5 Å². The molecule has 2 aromatic carbocycles. The van der Waals surface area contributed by atoms with Gasteiger partial charge in [-0.25, -0.2) is 4.68 Å². The molecule has 10 heteroatoms. The lowest BCUT2D eigenvalue weighted by Crippen LogP contribution is -2.19. The third-order valence-electron chi connectivity index (χ3n) is 3.41. The van der Waals surface area contributed by atoms with Gasteiger partial charge in [-0.15, -0.1) is 5.10 Å². The molecule has 9 nitrogen and oxygen atoms in total. The molecule has 1 aromatic heterocycles. The van der Waals surface area contributed by atoms with Crippen LogP contribution in [0.5, 0.6) is 5.75 Å². The van der Waals surface area contributed by atoms with E-state index in [1.807, 2.05) is 18.2 Å². The van der Waals surface area contributed by atoms with Crippen molar-refractivity contribution in [3.05, 3.63) is 75.4 Å². The number of rotatable bonds is 7. The number of nitro benzene ring substituents is 1. The number of benzene rings is 2. The molecule has 0 saturated heterocycles. The summed E-state index contributed by atoms with van der Waals surface area (Å²) in [7, 11) is 0. The molecule has 0 aliphatic carbocycles. The lowest BCUT2D eigenvalue weighted by Gasteiger charge is -2.04. The van der Waals surface area contributed by atoms with Gasteiger partial charge in [-0.3, -0.25) is 14.9 Å². The van der Waals surface area contributed by atoms with E-state index in [1.54, 1.807) is 12.1 Å². The Morgan fingerprint density at radius 1 is 1.22 bits per heavy atom. The average Bonchev–Trinajstić information content (AvgIpc) is 3.00. The van der Waals surface area contributed by atoms with Gasteiger partial charge in [0.2, 0.25) is 5.91 Å². The van der Waals surface area contributed by atoms with E-state index in [1.165, 1.54) is 28.9 Å². The fourth-order valence-corrected chi connectivity index (χ4v) is 2.37. The molecule has 0 atom stereocenters. The first kappa shape index (κ1) is 18.3. The van der Waals surface area contributed by atoms with Crippen LogP contribution in [0.25, 0.3) is 0 Å². The van der Waals surface area contributed by atoms with Gasteiger partial charge in [0, 0.05) is 17.8 Å². The van der Waals surface area contributed by atoms with Crippen molar-refractivity contribution in [2.24, 2.45) is 0 Å². The van der Waals surface area contributed by atoms with Crippen LogP contribution in [0.4, 0.5) is 11.4 Å². The first-order chi connectivity index (χ1) is 13.0. The van der Waals surface area contributed by atoms with Crippen LogP contribution in [0.1, 0.15) is 5.89 Å². The van der Waals surface area contributed by atoms with E-state index in [9.17, 15) is 14.9 Å². The molecule has 0 aliphatic rings. The highest BCUT2D eigenvalue weighted by atomic mass is 32.1. The quantitative estimate of drug-likeness (QED) is 0.376. The second-order valence-electron chi connectivity index (χ2n) is 5.37. The molecule has 0 fully saturated rings. The van der Waals surface area contributed by atoms with Gasteiger partial charge in [-0.1, -0.05) is 18.2 Å². The zero-order valence-electron chi connectivity index (χ0n) is 13.9. The Morgan fingerprint density at radius 3 is 2.59 bits per heavy atom. The summed E-state index contributed by atoms with van der Waals surface area (Å²) in [5.41, 5.74) is 0.364. The molecule has 1 heterocycles. The molecule has 138 valence electrons. The molecule has 1 N–H and O–H groups in total. The van der Waals surface area contributed by atoms with E-state index in [0.717, 1.165) is 0 Å². The van der Waals surface area contributed by atoms with Crippen LogP contribution in [-0.2, 0) is 17.9 Å². The number of nitro groups is 1. The van der Waals surface area contributed by atoms with Crippen LogP contribution in [-0.4, -0.2) is 20.6 Å². The summed E-state index contributed by atoms with van der Waals surface area (Å²) in [6.45, 7) is -0.0880. The Morgan fingerprint density at radius 2 is 1.93 bits per heavy atom. The van der Waals surface area contributed by atoms with E-state index in [2.05, 4.69) is 10.4 Å². The maximum atomic E-state index is 12.1. The van der Waals surface area contributed by atoms with Crippen molar-refractivity contribution in [1.82, 2.24) is 9.78 Å². The van der Waals surface area contributed by atoms with E-state index < -0.39 is 10.8 Å². The van der Waals surface area contributed by atoms with Crippen molar-refractivity contribution in [2.75, 3.05) is 5.32 Å². The number of hydrogen-bond acceptors (Lipinski definition) is 7. The molecule has 1 amide bonds. The molecule has 0 bridgehead atoms. The first-order valence-electron chi connectivity index (χ1n) is 7.80. The highest BCUT2D eigenvalue weighted by Crippen LogP contribution is 2.15. The standard InChI is InChI=1S/C17H14N4O5S/c22-15(18-12-6-8-13(9-7-12)21(23)24)10-20-17(27)26-16(19-20)11-25-14-4-2-1-3-5-14/h1-9H,10-11H2,(H,18,22). The molecule has 0 unspecified atom stereocenters. The van der Waals surface area contributed by atoms with Crippen molar-refractivity contribution in [2.45, 2.75) is 13.2 Å². The predicted octanol–water partition coefficient (Wildman–Crippen LogP) is 3.33. The highest BCUT2D eigenvalue weighted by molar-refractivity contribution is 7.71. The van der Waals surface area contributed by atoms with Crippen LogP contribution in [0.3, 0.4) is 0 Å².